The van der Waals surface area contributed by atoms with Crippen LogP contribution in [0.15, 0.2) is 29.2 Å². The molecule has 94 valence electrons. The van der Waals surface area contributed by atoms with Crippen LogP contribution in [0.25, 0.3) is 0 Å². The molecule has 1 aromatic carbocycles. The van der Waals surface area contributed by atoms with Crippen molar-refractivity contribution in [2.75, 3.05) is 29.6 Å². The number of anilines is 1. The number of benzene rings is 1. The molecule has 0 bridgehead atoms. The summed E-state index contributed by atoms with van der Waals surface area (Å²) >= 11 is 3.44. The van der Waals surface area contributed by atoms with Crippen LogP contribution in [-0.2, 0) is 0 Å². The summed E-state index contributed by atoms with van der Waals surface area (Å²) in [5, 5.41) is 5.70. The molecule has 0 radical (unpaired) electrons. The number of thioether (sulfide) groups is 2. The highest BCUT2D eigenvalue weighted by atomic mass is 32.2. The average molecular weight is 270 g/mol. The van der Waals surface area contributed by atoms with Crippen molar-refractivity contribution in [3.05, 3.63) is 24.3 Å². The van der Waals surface area contributed by atoms with Crippen LogP contribution >= 0.6 is 23.5 Å². The van der Waals surface area contributed by atoms with E-state index in [2.05, 4.69) is 17.6 Å². The quantitative estimate of drug-likeness (QED) is 0.615. The summed E-state index contributed by atoms with van der Waals surface area (Å²) in [6, 6.07) is 7.65. The first-order chi connectivity index (χ1) is 8.27. The van der Waals surface area contributed by atoms with Crippen LogP contribution in [0, 0.1) is 0 Å². The number of para-hydroxylation sites is 1. The van der Waals surface area contributed by atoms with Crippen LogP contribution in [0.3, 0.4) is 0 Å². The molecule has 0 heterocycles. The molecule has 0 saturated carbocycles. The van der Waals surface area contributed by atoms with Gasteiger partial charge in [-0.15, -0.1) is 11.8 Å². The number of carbonyl (C=O) groups is 1. The normalized spacial score (nSPS) is 10.0. The smallest absolute Gasteiger partial charge is 0.319 e. The number of nitrogens with one attached hydrogen (secondary N) is 2. The minimum atomic E-state index is -0.136. The Labute approximate surface area is 111 Å². The molecule has 2 amide bonds. The van der Waals surface area contributed by atoms with Crippen molar-refractivity contribution in [1.82, 2.24) is 5.32 Å². The standard InChI is InChI=1S/C12H18N2OS2/c1-3-17-9-8-13-12(15)14-10-6-4-5-7-11(10)16-2/h4-7H,3,8-9H2,1-2H3,(H2,13,14,15). The Morgan fingerprint density at radius 3 is 2.82 bits per heavy atom. The van der Waals surface area contributed by atoms with E-state index in [1.54, 1.807) is 11.8 Å². The topological polar surface area (TPSA) is 41.1 Å². The molecule has 0 saturated heterocycles. The van der Waals surface area contributed by atoms with Crippen LogP contribution < -0.4 is 10.6 Å². The molecule has 0 aliphatic rings. The molecule has 17 heavy (non-hydrogen) atoms. The van der Waals surface area contributed by atoms with Crippen molar-refractivity contribution in [2.45, 2.75) is 11.8 Å². The van der Waals surface area contributed by atoms with Crippen molar-refractivity contribution in [2.24, 2.45) is 0 Å². The van der Waals surface area contributed by atoms with Crippen LogP contribution in [0.5, 0.6) is 0 Å². The van der Waals surface area contributed by atoms with E-state index in [0.717, 1.165) is 22.1 Å². The highest BCUT2D eigenvalue weighted by Crippen LogP contribution is 2.24. The molecule has 0 aliphatic heterocycles. The van der Waals surface area contributed by atoms with E-state index in [9.17, 15) is 4.79 Å². The average Bonchev–Trinajstić information content (AvgIpc) is 2.35. The molecule has 0 atom stereocenters. The fourth-order valence-corrected chi connectivity index (χ4v) is 2.38. The number of carbonyl (C=O) groups excluding carboxylic acids is 1. The van der Waals surface area contributed by atoms with Gasteiger partial charge in [-0.05, 0) is 24.1 Å². The zero-order valence-corrected chi connectivity index (χ0v) is 11.8. The molecule has 0 aliphatic carbocycles. The van der Waals surface area contributed by atoms with E-state index in [1.807, 2.05) is 42.3 Å². The highest BCUT2D eigenvalue weighted by molar-refractivity contribution is 7.99. The lowest BCUT2D eigenvalue weighted by atomic mass is 10.3. The maximum Gasteiger partial charge on any atom is 0.319 e. The van der Waals surface area contributed by atoms with Gasteiger partial charge in [0.05, 0.1) is 5.69 Å². The lowest BCUT2D eigenvalue weighted by Gasteiger charge is -2.10. The van der Waals surface area contributed by atoms with Crippen LogP contribution in [0.2, 0.25) is 0 Å². The maximum atomic E-state index is 11.6. The maximum absolute atomic E-state index is 11.6. The minimum Gasteiger partial charge on any atom is -0.337 e. The van der Waals surface area contributed by atoms with E-state index >= 15 is 0 Å². The largest absolute Gasteiger partial charge is 0.337 e. The predicted octanol–water partition coefficient (Wildman–Crippen LogP) is 3.28. The van der Waals surface area contributed by atoms with E-state index in [0.29, 0.717) is 6.54 Å². The van der Waals surface area contributed by atoms with E-state index in [1.165, 1.54) is 0 Å². The molecule has 2 N–H and O–H groups in total. The van der Waals surface area contributed by atoms with Crippen LogP contribution in [0.4, 0.5) is 10.5 Å². The molecule has 0 fully saturated rings. The van der Waals surface area contributed by atoms with Crippen LogP contribution in [0.1, 0.15) is 6.92 Å². The predicted molar refractivity (Wildman–Crippen MR) is 78.2 cm³/mol. The van der Waals surface area contributed by atoms with Gasteiger partial charge >= 0.3 is 6.03 Å². The second-order valence-corrected chi connectivity index (χ2v) is 5.52. The fraction of sp³-hybridized carbons (Fsp3) is 0.417. The Morgan fingerprint density at radius 2 is 2.12 bits per heavy atom. The molecule has 5 heteroatoms. The lowest BCUT2D eigenvalue weighted by molar-refractivity contribution is 0.252. The number of rotatable bonds is 6. The Bertz CT molecular complexity index is 358. The third-order valence-electron chi connectivity index (χ3n) is 2.09. The van der Waals surface area contributed by atoms with E-state index < -0.39 is 0 Å². The van der Waals surface area contributed by atoms with Gasteiger partial charge in [0.2, 0.25) is 0 Å². The monoisotopic (exact) mass is 270 g/mol. The van der Waals surface area contributed by atoms with Crippen molar-refractivity contribution in [1.29, 1.82) is 0 Å². The fourth-order valence-electron chi connectivity index (χ4n) is 1.30. The van der Waals surface area contributed by atoms with Gasteiger partial charge in [-0.1, -0.05) is 19.1 Å². The zero-order valence-electron chi connectivity index (χ0n) is 10.2. The third-order valence-corrected chi connectivity index (χ3v) is 3.79. The minimum absolute atomic E-state index is 0.136. The summed E-state index contributed by atoms with van der Waals surface area (Å²) in [4.78, 5) is 12.7. The highest BCUT2D eigenvalue weighted by Gasteiger charge is 2.04. The summed E-state index contributed by atoms with van der Waals surface area (Å²) in [7, 11) is 0. The Balaban J connectivity index is 2.39. The van der Waals surface area contributed by atoms with Crippen molar-refractivity contribution >= 4 is 35.2 Å². The number of hydrogen-bond donors (Lipinski definition) is 2. The molecule has 1 aromatic rings. The lowest BCUT2D eigenvalue weighted by Crippen LogP contribution is -2.30. The van der Waals surface area contributed by atoms with Gasteiger partial charge < -0.3 is 10.6 Å². The number of urea groups is 1. The first kappa shape index (κ1) is 14.3. The number of hydrogen-bond acceptors (Lipinski definition) is 3. The van der Waals surface area contributed by atoms with Gasteiger partial charge in [0, 0.05) is 17.2 Å². The van der Waals surface area contributed by atoms with Gasteiger partial charge in [0.15, 0.2) is 0 Å². The first-order valence-corrected chi connectivity index (χ1v) is 7.91. The van der Waals surface area contributed by atoms with Gasteiger partial charge in [0.25, 0.3) is 0 Å². The van der Waals surface area contributed by atoms with Crippen molar-refractivity contribution in [3.63, 3.8) is 0 Å². The van der Waals surface area contributed by atoms with Gasteiger partial charge in [-0.3, -0.25) is 0 Å². The molecule has 0 unspecified atom stereocenters. The molecular formula is C12H18N2OS2. The number of amides is 2. The summed E-state index contributed by atoms with van der Waals surface area (Å²) < 4.78 is 0. The van der Waals surface area contributed by atoms with Crippen molar-refractivity contribution in [3.8, 4) is 0 Å². The summed E-state index contributed by atoms with van der Waals surface area (Å²) in [6.45, 7) is 2.81. The summed E-state index contributed by atoms with van der Waals surface area (Å²) in [6.07, 6.45) is 2.00. The van der Waals surface area contributed by atoms with Crippen molar-refractivity contribution < 1.29 is 4.79 Å². The SMILES string of the molecule is CCSCCNC(=O)Nc1ccccc1SC. The Kier molecular flexibility index (Phi) is 6.96. The Morgan fingerprint density at radius 1 is 1.35 bits per heavy atom. The molecule has 0 spiro atoms. The van der Waals surface area contributed by atoms with Gasteiger partial charge in [-0.25, -0.2) is 4.79 Å². The first-order valence-electron chi connectivity index (χ1n) is 5.53. The zero-order chi connectivity index (χ0) is 12.5. The summed E-state index contributed by atoms with van der Waals surface area (Å²) in [5.74, 6) is 2.03. The second-order valence-electron chi connectivity index (χ2n) is 3.28. The molecule has 1 rings (SSSR count). The van der Waals surface area contributed by atoms with Gasteiger partial charge in [-0.2, -0.15) is 11.8 Å². The molecule has 3 nitrogen and oxygen atoms in total. The second kappa shape index (κ2) is 8.31. The Hall–Kier alpha value is -0.810. The summed E-state index contributed by atoms with van der Waals surface area (Å²) in [5.41, 5.74) is 0.862. The molecular weight excluding hydrogens is 252 g/mol. The van der Waals surface area contributed by atoms with Gasteiger partial charge in [0.1, 0.15) is 0 Å². The van der Waals surface area contributed by atoms with E-state index in [-0.39, 0.29) is 6.03 Å². The van der Waals surface area contributed by atoms with E-state index in [4.69, 9.17) is 0 Å². The third kappa shape index (κ3) is 5.37. The van der Waals surface area contributed by atoms with Crippen LogP contribution in [-0.4, -0.2) is 30.3 Å². The molecule has 0 aromatic heterocycles.